The summed E-state index contributed by atoms with van der Waals surface area (Å²) in [4.78, 5) is 25.5. The summed E-state index contributed by atoms with van der Waals surface area (Å²) in [5, 5.41) is 0. The monoisotopic (exact) mass is 386 g/mol. The van der Waals surface area contributed by atoms with Gasteiger partial charge >= 0.3 is 13.3 Å². The summed E-state index contributed by atoms with van der Waals surface area (Å²) < 4.78 is 36.0. The molecule has 2 fully saturated rings. The van der Waals surface area contributed by atoms with Gasteiger partial charge in [0.05, 0.1) is 18.8 Å². The smallest absolute Gasteiger partial charge is 0.353 e. The maximum Gasteiger partial charge on any atom is 0.353 e. The fraction of sp³-hybridized carbons (Fsp3) is 0.625. The topological polar surface area (TPSA) is 109 Å². The van der Waals surface area contributed by atoms with Crippen molar-refractivity contribution < 1.29 is 23.1 Å². The molecule has 2 heterocycles. The summed E-state index contributed by atoms with van der Waals surface area (Å²) in [7, 11) is -1.80. The summed E-state index contributed by atoms with van der Waals surface area (Å²) in [5.41, 5.74) is -1.74. The van der Waals surface area contributed by atoms with Gasteiger partial charge in [0.25, 0.3) is 5.56 Å². The van der Waals surface area contributed by atoms with Crippen molar-refractivity contribution in [1.29, 1.82) is 0 Å². The molecule has 2 unspecified atom stereocenters. The molecule has 0 bridgehead atoms. The Hall–Kier alpha value is -1.51. The molecule has 0 aromatic carbocycles. The quantitative estimate of drug-likeness (QED) is 0.676. The van der Waals surface area contributed by atoms with Crippen molar-refractivity contribution in [1.82, 2.24) is 9.55 Å². The Morgan fingerprint density at radius 2 is 2.08 bits per heavy atom. The number of ether oxygens (including phenoxy) is 2. The second-order valence-electron chi connectivity index (χ2n) is 6.18. The summed E-state index contributed by atoms with van der Waals surface area (Å²) in [6, 6.07) is 1.25. The van der Waals surface area contributed by atoms with Crippen molar-refractivity contribution in [2.45, 2.75) is 38.2 Å². The number of rotatable bonds is 8. The highest BCUT2D eigenvalue weighted by Gasteiger charge is 2.67. The lowest BCUT2D eigenvalue weighted by Gasteiger charge is -2.23. The molecule has 4 atom stereocenters. The number of methoxy groups -OCH3 is 1. The predicted molar refractivity (Wildman–Crippen MR) is 93.1 cm³/mol. The third-order valence-corrected chi connectivity index (χ3v) is 6.33. The number of fused-ring (bicyclic) bond motifs is 1. The van der Waals surface area contributed by atoms with Gasteiger partial charge in [0.15, 0.2) is 6.23 Å². The molecular formula is C16H23N2O7P. The zero-order valence-electron chi connectivity index (χ0n) is 14.9. The van der Waals surface area contributed by atoms with Crippen LogP contribution in [0.2, 0.25) is 0 Å². The van der Waals surface area contributed by atoms with Gasteiger partial charge in [-0.1, -0.05) is 0 Å². The molecule has 1 saturated heterocycles. The molecule has 1 aromatic heterocycles. The lowest BCUT2D eigenvalue weighted by molar-refractivity contribution is -0.0781. The van der Waals surface area contributed by atoms with Gasteiger partial charge in [-0.3, -0.25) is 18.9 Å². The number of aromatic amines is 1. The number of hydrogen-bond donors (Lipinski definition) is 1. The van der Waals surface area contributed by atoms with Crippen LogP contribution in [0.3, 0.4) is 0 Å². The van der Waals surface area contributed by atoms with E-state index in [2.05, 4.69) is 4.98 Å². The Morgan fingerprint density at radius 3 is 2.65 bits per heavy atom. The first kappa shape index (κ1) is 19.3. The van der Waals surface area contributed by atoms with Gasteiger partial charge < -0.3 is 18.5 Å². The highest BCUT2D eigenvalue weighted by atomic mass is 31.2. The van der Waals surface area contributed by atoms with E-state index in [9.17, 15) is 14.2 Å². The normalized spacial score (nSPS) is 30.7. The van der Waals surface area contributed by atoms with Crippen molar-refractivity contribution in [3.63, 3.8) is 0 Å². The van der Waals surface area contributed by atoms with Crippen LogP contribution in [0.15, 0.2) is 33.7 Å². The van der Waals surface area contributed by atoms with Crippen LogP contribution in [-0.2, 0) is 23.1 Å². The lowest BCUT2D eigenvalue weighted by Crippen LogP contribution is -2.37. The van der Waals surface area contributed by atoms with Gasteiger partial charge in [-0.05, 0) is 26.3 Å². The molecule has 1 aromatic rings. The van der Waals surface area contributed by atoms with Crippen LogP contribution >= 0.6 is 7.60 Å². The molecule has 144 valence electrons. The third-order valence-electron chi connectivity index (χ3n) is 4.58. The molecular weight excluding hydrogens is 363 g/mol. The molecule has 2 aliphatic rings. The second kappa shape index (κ2) is 7.25. The number of nitrogens with zero attached hydrogens (tertiary/aromatic N) is 1. The van der Waals surface area contributed by atoms with Gasteiger partial charge in [0.2, 0.25) is 0 Å². The summed E-state index contributed by atoms with van der Waals surface area (Å²) in [6.07, 6.45) is 2.68. The highest BCUT2D eigenvalue weighted by molar-refractivity contribution is 7.57. The van der Waals surface area contributed by atoms with Gasteiger partial charge in [-0.25, -0.2) is 4.79 Å². The highest BCUT2D eigenvalue weighted by Crippen LogP contribution is 2.62. The number of hydrogen-bond acceptors (Lipinski definition) is 7. The average molecular weight is 386 g/mol. The SMILES string of the molecule is CCOP(=O)(/C=C/[C@]12CC1C(OC)[C@H](n1ccc(=O)[nH]c1=O)O2)OCC. The maximum atomic E-state index is 12.6. The van der Waals surface area contributed by atoms with E-state index in [1.54, 1.807) is 27.0 Å². The second-order valence-corrected chi connectivity index (χ2v) is 8.08. The fourth-order valence-electron chi connectivity index (χ4n) is 3.36. The average Bonchev–Trinajstić information content (AvgIpc) is 3.20. The van der Waals surface area contributed by atoms with Gasteiger partial charge in [0.1, 0.15) is 6.10 Å². The minimum atomic E-state index is -3.34. The first-order valence-corrected chi connectivity index (χ1v) is 10.1. The standard InChI is InChI=1S/C16H23N2O7P/c1-4-23-26(21,24-5-2)9-7-16-10-11(16)13(22-3)14(25-16)18-8-6-12(19)17-15(18)20/h6-9,11,13-14H,4-5,10H2,1-3H3,(H,17,19,20)/b9-7+/t11?,13?,14-,16+/m1/s1. The van der Waals surface area contributed by atoms with Crippen LogP contribution in [0.5, 0.6) is 0 Å². The Kier molecular flexibility index (Phi) is 5.37. The van der Waals surface area contributed by atoms with E-state index in [1.165, 1.54) is 22.6 Å². The molecule has 1 N–H and O–H groups in total. The Morgan fingerprint density at radius 1 is 1.38 bits per heavy atom. The zero-order chi connectivity index (χ0) is 18.9. The van der Waals surface area contributed by atoms with Crippen LogP contribution in [0.4, 0.5) is 0 Å². The van der Waals surface area contributed by atoms with E-state index in [0.717, 1.165) is 0 Å². The van der Waals surface area contributed by atoms with Crippen molar-refractivity contribution in [3.05, 3.63) is 45.0 Å². The molecule has 0 amide bonds. The number of aromatic nitrogens is 2. The minimum Gasteiger partial charge on any atom is -0.376 e. The van der Waals surface area contributed by atoms with Crippen molar-refractivity contribution in [2.75, 3.05) is 20.3 Å². The third kappa shape index (κ3) is 3.50. The molecule has 9 nitrogen and oxygen atoms in total. The predicted octanol–water partition coefficient (Wildman–Crippen LogP) is 1.62. The van der Waals surface area contributed by atoms with Crippen molar-refractivity contribution >= 4 is 7.60 Å². The molecule has 1 saturated carbocycles. The van der Waals surface area contributed by atoms with E-state index in [0.29, 0.717) is 6.42 Å². The van der Waals surface area contributed by atoms with Crippen molar-refractivity contribution in [3.8, 4) is 0 Å². The molecule has 26 heavy (non-hydrogen) atoms. The first-order chi connectivity index (χ1) is 12.4. The number of H-pyrrole nitrogens is 1. The van der Waals surface area contributed by atoms with Crippen LogP contribution in [0.25, 0.3) is 0 Å². The van der Waals surface area contributed by atoms with Crippen LogP contribution < -0.4 is 11.2 Å². The molecule has 0 spiro atoms. The van der Waals surface area contributed by atoms with Crippen LogP contribution in [-0.4, -0.2) is 41.6 Å². The largest absolute Gasteiger partial charge is 0.376 e. The Balaban J connectivity index is 1.85. The van der Waals surface area contributed by atoms with Crippen molar-refractivity contribution in [2.24, 2.45) is 5.92 Å². The van der Waals surface area contributed by atoms with E-state index in [-0.39, 0.29) is 25.2 Å². The first-order valence-electron chi connectivity index (χ1n) is 8.49. The minimum absolute atomic E-state index is 0.00396. The molecule has 0 radical (unpaired) electrons. The van der Waals surface area contributed by atoms with Gasteiger partial charge in [-0.15, -0.1) is 0 Å². The van der Waals surface area contributed by atoms with E-state index >= 15 is 0 Å². The van der Waals surface area contributed by atoms with Crippen LogP contribution in [0, 0.1) is 5.92 Å². The summed E-state index contributed by atoms with van der Waals surface area (Å²) >= 11 is 0. The van der Waals surface area contributed by atoms with Gasteiger partial charge in [-0.2, -0.15) is 0 Å². The Bertz CT molecular complexity index is 837. The Labute approximate surface area is 150 Å². The van der Waals surface area contributed by atoms with Crippen LogP contribution in [0.1, 0.15) is 26.5 Å². The van der Waals surface area contributed by atoms with E-state index in [4.69, 9.17) is 18.5 Å². The number of nitrogens with one attached hydrogen (secondary N) is 1. The molecule has 3 rings (SSSR count). The summed E-state index contributed by atoms with van der Waals surface area (Å²) in [5.74, 6) is 1.43. The molecule has 10 heteroatoms. The molecule has 1 aliphatic heterocycles. The lowest BCUT2D eigenvalue weighted by atomic mass is 10.2. The van der Waals surface area contributed by atoms with E-state index in [1.807, 2.05) is 0 Å². The molecule has 1 aliphatic carbocycles. The zero-order valence-corrected chi connectivity index (χ0v) is 15.8. The summed E-state index contributed by atoms with van der Waals surface area (Å²) in [6.45, 7) is 4.00. The fourth-order valence-corrected chi connectivity index (χ4v) is 4.76. The van der Waals surface area contributed by atoms with E-state index < -0.39 is 30.7 Å². The van der Waals surface area contributed by atoms with Gasteiger partial charge in [0, 0.05) is 31.1 Å². The maximum absolute atomic E-state index is 12.6.